The van der Waals surface area contributed by atoms with Crippen LogP contribution in [0, 0.1) is 0 Å². The first kappa shape index (κ1) is 29.4. The van der Waals surface area contributed by atoms with Crippen molar-refractivity contribution in [3.05, 3.63) is 0 Å². The van der Waals surface area contributed by atoms with Crippen LogP contribution in [0.1, 0.15) is 136 Å². The Balaban J connectivity index is 2.83. The van der Waals surface area contributed by atoms with E-state index in [2.05, 4.69) is 20.8 Å². The maximum atomic E-state index is 12.6. The Morgan fingerprint density at radius 1 is 0.485 bits per heavy atom. The number of rotatable bonds is 15. The number of cyclic esters (lactones) is 3. The van der Waals surface area contributed by atoms with E-state index in [4.69, 9.17) is 14.2 Å². The fraction of sp³-hybridized carbons (Fsp3) is 0.889. The quantitative estimate of drug-likeness (QED) is 0.149. The largest absolute Gasteiger partial charge is 0.462 e. The van der Waals surface area contributed by atoms with Crippen LogP contribution in [0.4, 0.5) is 0 Å². The van der Waals surface area contributed by atoms with Crippen molar-refractivity contribution in [3.63, 3.8) is 0 Å². The molecule has 3 unspecified atom stereocenters. The van der Waals surface area contributed by atoms with Crippen LogP contribution < -0.4 is 0 Å². The Morgan fingerprint density at radius 2 is 0.758 bits per heavy atom. The SMILES string of the molecule is CCCCCCC1CC(=O)OC(CCCCCC)CC(=O)OC(CCCCCC)CC(=O)O1. The van der Waals surface area contributed by atoms with E-state index < -0.39 is 36.2 Å². The smallest absolute Gasteiger partial charge is 0.309 e. The second-order valence-corrected chi connectivity index (χ2v) is 9.50. The van der Waals surface area contributed by atoms with Crippen molar-refractivity contribution < 1.29 is 28.6 Å². The van der Waals surface area contributed by atoms with Crippen molar-refractivity contribution in [2.45, 2.75) is 155 Å². The zero-order valence-corrected chi connectivity index (χ0v) is 21.4. The highest BCUT2D eigenvalue weighted by Gasteiger charge is 2.28. The molecule has 0 aliphatic carbocycles. The predicted molar refractivity (Wildman–Crippen MR) is 130 cm³/mol. The topological polar surface area (TPSA) is 78.9 Å². The molecule has 6 nitrogen and oxygen atoms in total. The average Bonchev–Trinajstić information content (AvgIpc) is 2.76. The van der Waals surface area contributed by atoms with Crippen LogP contribution in [-0.2, 0) is 28.6 Å². The van der Waals surface area contributed by atoms with Gasteiger partial charge in [0.25, 0.3) is 0 Å². The summed E-state index contributed by atoms with van der Waals surface area (Å²) in [6.45, 7) is 6.45. The molecule has 0 amide bonds. The summed E-state index contributed by atoms with van der Waals surface area (Å²) in [5, 5.41) is 0. The van der Waals surface area contributed by atoms with Gasteiger partial charge in [0.1, 0.15) is 18.3 Å². The fourth-order valence-electron chi connectivity index (χ4n) is 4.26. The molecule has 1 heterocycles. The number of esters is 3. The highest BCUT2D eigenvalue weighted by atomic mass is 16.6. The molecule has 0 aromatic heterocycles. The molecule has 0 aromatic rings. The van der Waals surface area contributed by atoms with Gasteiger partial charge in [-0.25, -0.2) is 0 Å². The van der Waals surface area contributed by atoms with E-state index in [-0.39, 0.29) is 19.3 Å². The van der Waals surface area contributed by atoms with Crippen molar-refractivity contribution in [3.8, 4) is 0 Å². The maximum absolute atomic E-state index is 12.6. The Hall–Kier alpha value is -1.59. The summed E-state index contributed by atoms with van der Waals surface area (Å²) in [6, 6.07) is 0. The lowest BCUT2D eigenvalue weighted by atomic mass is 10.0. The summed E-state index contributed by atoms with van der Waals surface area (Å²) in [4.78, 5) is 37.8. The van der Waals surface area contributed by atoms with Gasteiger partial charge in [-0.15, -0.1) is 0 Å². The standard InChI is InChI=1S/C27H48O6/c1-4-7-10-13-16-22-19-25(28)32-24(18-15-12-9-6-3)21-27(30)33-23(20-26(29)31-22)17-14-11-8-5-2/h22-24H,4-21H2,1-3H3. The number of hydrogen-bond donors (Lipinski definition) is 0. The second-order valence-electron chi connectivity index (χ2n) is 9.50. The first-order valence-corrected chi connectivity index (χ1v) is 13.6. The van der Waals surface area contributed by atoms with Crippen molar-refractivity contribution in [2.24, 2.45) is 0 Å². The molecule has 0 saturated carbocycles. The maximum Gasteiger partial charge on any atom is 0.309 e. The van der Waals surface area contributed by atoms with Crippen molar-refractivity contribution in [1.29, 1.82) is 0 Å². The molecule has 0 spiro atoms. The number of unbranched alkanes of at least 4 members (excludes halogenated alkanes) is 9. The molecular weight excluding hydrogens is 420 g/mol. The van der Waals surface area contributed by atoms with Crippen molar-refractivity contribution >= 4 is 17.9 Å². The van der Waals surface area contributed by atoms with Gasteiger partial charge >= 0.3 is 17.9 Å². The van der Waals surface area contributed by atoms with Gasteiger partial charge in [0.15, 0.2) is 0 Å². The second kappa shape index (κ2) is 18.8. The summed E-state index contributed by atoms with van der Waals surface area (Å²) in [5.74, 6) is -1.19. The van der Waals surface area contributed by atoms with Crippen LogP contribution in [0.25, 0.3) is 0 Å². The molecule has 0 N–H and O–H groups in total. The molecule has 192 valence electrons. The van der Waals surface area contributed by atoms with Crippen LogP contribution in [0.3, 0.4) is 0 Å². The molecular formula is C27H48O6. The zero-order chi connectivity index (χ0) is 24.3. The molecule has 1 aliphatic rings. The Labute approximate surface area is 201 Å². The van der Waals surface area contributed by atoms with E-state index in [1.165, 1.54) is 0 Å². The van der Waals surface area contributed by atoms with E-state index >= 15 is 0 Å². The minimum atomic E-state index is -0.474. The van der Waals surface area contributed by atoms with Crippen LogP contribution >= 0.6 is 0 Å². The number of carbonyl (C=O) groups excluding carboxylic acids is 3. The van der Waals surface area contributed by atoms with Gasteiger partial charge in [-0.3, -0.25) is 14.4 Å². The summed E-state index contributed by atoms with van der Waals surface area (Å²) in [5.41, 5.74) is 0. The lowest BCUT2D eigenvalue weighted by Crippen LogP contribution is -2.32. The van der Waals surface area contributed by atoms with Crippen LogP contribution in [0.5, 0.6) is 0 Å². The average molecular weight is 469 g/mol. The monoisotopic (exact) mass is 468 g/mol. The summed E-state index contributed by atoms with van der Waals surface area (Å²) in [7, 11) is 0. The van der Waals surface area contributed by atoms with Gasteiger partial charge in [-0.05, 0) is 38.5 Å². The summed E-state index contributed by atoms with van der Waals surface area (Å²) in [6.07, 6.45) is 13.3. The Morgan fingerprint density at radius 3 is 1.00 bits per heavy atom. The van der Waals surface area contributed by atoms with E-state index in [9.17, 15) is 14.4 Å². The van der Waals surface area contributed by atoms with Gasteiger partial charge in [0.2, 0.25) is 0 Å². The normalized spacial score (nSPS) is 22.6. The molecule has 3 atom stereocenters. The van der Waals surface area contributed by atoms with Crippen LogP contribution in [0.15, 0.2) is 0 Å². The third-order valence-corrected chi connectivity index (χ3v) is 6.22. The van der Waals surface area contributed by atoms with E-state index in [1.54, 1.807) is 0 Å². The molecule has 0 bridgehead atoms. The first-order chi connectivity index (χ1) is 16.0. The van der Waals surface area contributed by atoms with E-state index in [1.807, 2.05) is 0 Å². The summed E-state index contributed by atoms with van der Waals surface area (Å²) < 4.78 is 17.1. The molecule has 1 fully saturated rings. The predicted octanol–water partition coefficient (Wildman–Crippen LogP) is 6.82. The molecule has 0 radical (unpaired) electrons. The minimum Gasteiger partial charge on any atom is -0.462 e. The van der Waals surface area contributed by atoms with Crippen molar-refractivity contribution in [1.82, 2.24) is 0 Å². The molecule has 0 aromatic carbocycles. The number of hydrogen-bond acceptors (Lipinski definition) is 6. The Bertz CT molecular complexity index is 447. The van der Waals surface area contributed by atoms with E-state index in [0.29, 0.717) is 19.3 Å². The third-order valence-electron chi connectivity index (χ3n) is 6.22. The van der Waals surface area contributed by atoms with Gasteiger partial charge in [-0.1, -0.05) is 78.6 Å². The Kier molecular flexibility index (Phi) is 16.8. The zero-order valence-electron chi connectivity index (χ0n) is 21.4. The third kappa shape index (κ3) is 15.0. The van der Waals surface area contributed by atoms with Crippen molar-refractivity contribution in [2.75, 3.05) is 0 Å². The summed E-state index contributed by atoms with van der Waals surface area (Å²) >= 11 is 0. The molecule has 1 saturated heterocycles. The highest BCUT2D eigenvalue weighted by Crippen LogP contribution is 2.21. The molecule has 6 heteroatoms. The number of carbonyl (C=O) groups is 3. The minimum absolute atomic E-state index is 0.0551. The lowest BCUT2D eigenvalue weighted by molar-refractivity contribution is -0.167. The van der Waals surface area contributed by atoms with Gasteiger partial charge < -0.3 is 14.2 Å². The van der Waals surface area contributed by atoms with Gasteiger partial charge in [0.05, 0.1) is 19.3 Å². The lowest BCUT2D eigenvalue weighted by Gasteiger charge is -2.25. The van der Waals surface area contributed by atoms with Crippen LogP contribution in [0.2, 0.25) is 0 Å². The molecule has 33 heavy (non-hydrogen) atoms. The van der Waals surface area contributed by atoms with E-state index in [0.717, 1.165) is 77.0 Å². The van der Waals surface area contributed by atoms with Gasteiger partial charge in [0, 0.05) is 0 Å². The highest BCUT2D eigenvalue weighted by molar-refractivity contribution is 5.75. The van der Waals surface area contributed by atoms with Gasteiger partial charge in [-0.2, -0.15) is 0 Å². The van der Waals surface area contributed by atoms with Crippen LogP contribution in [-0.4, -0.2) is 36.2 Å². The number of ether oxygens (including phenoxy) is 3. The first-order valence-electron chi connectivity index (χ1n) is 13.6. The molecule has 1 rings (SSSR count). The molecule has 1 aliphatic heterocycles. The fourth-order valence-corrected chi connectivity index (χ4v) is 4.26.